The summed E-state index contributed by atoms with van der Waals surface area (Å²) < 4.78 is 20.1. The van der Waals surface area contributed by atoms with E-state index in [1.165, 1.54) is 16.2 Å². The topological polar surface area (TPSA) is 40.5 Å². The van der Waals surface area contributed by atoms with Crippen molar-refractivity contribution >= 4 is 27.4 Å². The van der Waals surface area contributed by atoms with Crippen molar-refractivity contribution < 1.29 is 8.76 Å². The summed E-state index contributed by atoms with van der Waals surface area (Å²) in [6, 6.07) is 0. The molecule has 3 nitrogen and oxygen atoms in total. The molecule has 1 unspecified atom stereocenters. The molecule has 11 heavy (non-hydrogen) atoms. The lowest BCUT2D eigenvalue weighted by atomic mass is 10.2. The van der Waals surface area contributed by atoms with E-state index in [4.69, 9.17) is 4.55 Å². The van der Waals surface area contributed by atoms with Crippen LogP contribution >= 0.6 is 16.1 Å². The van der Waals surface area contributed by atoms with Gasteiger partial charge in [0.05, 0.1) is 0 Å². The molecule has 0 radical (unpaired) electrons. The molecule has 0 saturated carbocycles. The van der Waals surface area contributed by atoms with Crippen LogP contribution in [0, 0.1) is 0 Å². The van der Waals surface area contributed by atoms with Gasteiger partial charge in [0.25, 0.3) is 0 Å². The van der Waals surface area contributed by atoms with Crippen LogP contribution in [0.25, 0.3) is 0 Å². The highest BCUT2D eigenvalue weighted by Gasteiger charge is 2.04. The van der Waals surface area contributed by atoms with Gasteiger partial charge in [-0.15, -0.1) is 3.33 Å². The molecule has 0 aromatic rings. The van der Waals surface area contributed by atoms with Crippen LogP contribution in [0.4, 0.5) is 0 Å². The second-order valence-electron chi connectivity index (χ2n) is 2.33. The van der Waals surface area contributed by atoms with E-state index in [2.05, 4.69) is 23.1 Å². The molecule has 0 aliphatic heterocycles. The lowest BCUT2D eigenvalue weighted by Gasteiger charge is -2.07. The minimum atomic E-state index is -1.87. The second kappa shape index (κ2) is 7.21. The van der Waals surface area contributed by atoms with Gasteiger partial charge in [-0.1, -0.05) is 26.2 Å². The highest BCUT2D eigenvalue weighted by molar-refractivity contribution is 9.08. The van der Waals surface area contributed by atoms with E-state index >= 15 is 0 Å². The predicted molar refractivity (Wildman–Crippen MR) is 50.5 cm³/mol. The van der Waals surface area contributed by atoms with Crippen molar-refractivity contribution in [2.24, 2.45) is 0 Å². The number of hydrogen-bond donors (Lipinski definition) is 1. The Bertz CT molecular complexity index is 123. The largest absolute Gasteiger partial charge is 0.293 e. The third-order valence-electron chi connectivity index (χ3n) is 1.36. The molecule has 68 valence electrons. The van der Waals surface area contributed by atoms with Crippen LogP contribution in [0.2, 0.25) is 0 Å². The lowest BCUT2D eigenvalue weighted by Crippen LogP contribution is -2.14. The fraction of sp³-hybridized carbons (Fsp3) is 1.00. The first kappa shape index (κ1) is 11.6. The quantitative estimate of drug-likeness (QED) is 0.442. The molecule has 1 atom stereocenters. The van der Waals surface area contributed by atoms with E-state index in [1.807, 2.05) is 0 Å². The van der Waals surface area contributed by atoms with Crippen molar-refractivity contribution in [2.45, 2.75) is 32.6 Å². The fourth-order valence-corrected chi connectivity index (χ4v) is 1.28. The summed E-state index contributed by atoms with van der Waals surface area (Å²) in [7, 11) is 0. The van der Waals surface area contributed by atoms with Crippen LogP contribution in [-0.2, 0) is 11.3 Å². The first-order valence-corrected chi connectivity index (χ1v) is 5.50. The van der Waals surface area contributed by atoms with Crippen LogP contribution in [0.3, 0.4) is 0 Å². The van der Waals surface area contributed by atoms with Crippen molar-refractivity contribution in [3.8, 4) is 0 Å². The Morgan fingerprint density at radius 3 is 2.55 bits per heavy atom. The van der Waals surface area contributed by atoms with E-state index in [-0.39, 0.29) is 0 Å². The summed E-state index contributed by atoms with van der Waals surface area (Å²) in [5.41, 5.74) is 0. The summed E-state index contributed by atoms with van der Waals surface area (Å²) in [5.74, 6) is 0. The van der Waals surface area contributed by atoms with Crippen LogP contribution in [-0.4, -0.2) is 18.6 Å². The van der Waals surface area contributed by atoms with Gasteiger partial charge in [0.2, 0.25) is 11.3 Å². The first-order valence-electron chi connectivity index (χ1n) is 3.72. The van der Waals surface area contributed by atoms with Crippen molar-refractivity contribution in [2.75, 3.05) is 6.54 Å². The maximum Gasteiger partial charge on any atom is 0.244 e. The summed E-state index contributed by atoms with van der Waals surface area (Å²) >= 11 is 1.11. The Kier molecular flexibility index (Phi) is 7.57. The molecule has 0 aliphatic rings. The zero-order valence-corrected chi connectivity index (χ0v) is 9.03. The van der Waals surface area contributed by atoms with Crippen LogP contribution < -0.4 is 0 Å². The monoisotopic (exact) mass is 243 g/mol. The van der Waals surface area contributed by atoms with Crippen molar-refractivity contribution in [3.05, 3.63) is 0 Å². The number of rotatable bonds is 6. The zero-order chi connectivity index (χ0) is 8.69. The summed E-state index contributed by atoms with van der Waals surface area (Å²) in [6.07, 6.45) is 4.46. The molecule has 1 N–H and O–H groups in total. The Labute approximate surface area is 78.9 Å². The van der Waals surface area contributed by atoms with Crippen LogP contribution in [0.1, 0.15) is 32.6 Å². The van der Waals surface area contributed by atoms with Gasteiger partial charge in [0.1, 0.15) is 0 Å². The number of hydrogen-bond acceptors (Lipinski definition) is 1. The van der Waals surface area contributed by atoms with Gasteiger partial charge in [-0.2, -0.15) is 0 Å². The Hall–Kier alpha value is 0.550. The first-order chi connectivity index (χ1) is 5.18. The molecule has 5 heteroatoms. The normalized spacial score (nSPS) is 13.8. The van der Waals surface area contributed by atoms with E-state index in [0.717, 1.165) is 12.8 Å². The summed E-state index contributed by atoms with van der Waals surface area (Å²) in [6.45, 7) is 2.76. The average Bonchev–Trinajstić information content (AvgIpc) is 1.97. The minimum absolute atomic E-state index is 0.628. The third kappa shape index (κ3) is 6.93. The van der Waals surface area contributed by atoms with Crippen LogP contribution in [0.5, 0.6) is 0 Å². The smallest absolute Gasteiger partial charge is 0.244 e. The van der Waals surface area contributed by atoms with Crippen molar-refractivity contribution in [1.82, 2.24) is 3.33 Å². The number of unbranched alkanes of at least 4 members (excludes halogenated alkanes) is 3. The molecule has 0 aliphatic carbocycles. The third-order valence-corrected chi connectivity index (χ3v) is 2.98. The Morgan fingerprint density at radius 2 is 2.09 bits per heavy atom. The average molecular weight is 244 g/mol. The maximum absolute atomic E-state index is 10.4. The SMILES string of the molecule is CCCCCCN(Br)S(=O)O. The Morgan fingerprint density at radius 1 is 1.45 bits per heavy atom. The molecule has 0 aromatic carbocycles. The highest BCUT2D eigenvalue weighted by atomic mass is 79.9. The van der Waals surface area contributed by atoms with E-state index < -0.39 is 11.3 Å². The van der Waals surface area contributed by atoms with Gasteiger partial charge in [-0.05, 0) is 6.42 Å². The molecular weight excluding hydrogens is 230 g/mol. The highest BCUT2D eigenvalue weighted by Crippen LogP contribution is 2.05. The summed E-state index contributed by atoms with van der Waals surface area (Å²) in [5, 5.41) is 0. The van der Waals surface area contributed by atoms with Gasteiger partial charge in [-0.3, -0.25) is 4.55 Å². The van der Waals surface area contributed by atoms with Crippen LogP contribution in [0.15, 0.2) is 0 Å². The number of halogens is 1. The molecule has 0 bridgehead atoms. The van der Waals surface area contributed by atoms with E-state index in [1.54, 1.807) is 0 Å². The van der Waals surface area contributed by atoms with E-state index in [9.17, 15) is 4.21 Å². The molecule has 0 saturated heterocycles. The van der Waals surface area contributed by atoms with Crippen molar-refractivity contribution in [3.63, 3.8) is 0 Å². The predicted octanol–water partition coefficient (Wildman–Crippen LogP) is 2.32. The zero-order valence-electron chi connectivity index (χ0n) is 6.62. The van der Waals surface area contributed by atoms with E-state index in [0.29, 0.717) is 6.54 Å². The molecule has 0 aromatic heterocycles. The molecule has 0 heterocycles. The second-order valence-corrected chi connectivity index (χ2v) is 4.56. The molecule has 0 amide bonds. The van der Waals surface area contributed by atoms with Gasteiger partial charge >= 0.3 is 0 Å². The lowest BCUT2D eigenvalue weighted by molar-refractivity contribution is 0.503. The minimum Gasteiger partial charge on any atom is -0.293 e. The maximum atomic E-state index is 10.4. The Balaban J connectivity index is 3.17. The number of nitrogens with zero attached hydrogens (tertiary/aromatic N) is 1. The standard InChI is InChI=1S/C6H14BrNO2S/c1-2-3-4-5-6-8(7)11(9)10/h2-6H2,1H3,(H,9,10). The molecular formula is C6H14BrNO2S. The van der Waals surface area contributed by atoms with Gasteiger partial charge in [-0.25, -0.2) is 4.21 Å². The van der Waals surface area contributed by atoms with Gasteiger partial charge < -0.3 is 0 Å². The van der Waals surface area contributed by atoms with Gasteiger partial charge in [0.15, 0.2) is 0 Å². The molecule has 0 rings (SSSR count). The summed E-state index contributed by atoms with van der Waals surface area (Å²) in [4.78, 5) is 0. The molecule has 0 spiro atoms. The van der Waals surface area contributed by atoms with Gasteiger partial charge in [0, 0.05) is 22.7 Å². The fourth-order valence-electron chi connectivity index (χ4n) is 0.741. The molecule has 0 fully saturated rings. The van der Waals surface area contributed by atoms with Crippen molar-refractivity contribution in [1.29, 1.82) is 0 Å².